The predicted molar refractivity (Wildman–Crippen MR) is 352 cm³/mol. The van der Waals surface area contributed by atoms with Crippen LogP contribution in [0.25, 0.3) is 84.4 Å². The van der Waals surface area contributed by atoms with Gasteiger partial charge in [-0.25, -0.2) is 0 Å². The molecular formula is C71H73N3O7S4. The van der Waals surface area contributed by atoms with E-state index in [0.717, 1.165) is 154 Å². The number of hydrogen-bond donors (Lipinski definition) is 2. The number of nitriles is 1. The van der Waals surface area contributed by atoms with Gasteiger partial charge >= 0.3 is 11.9 Å². The van der Waals surface area contributed by atoms with E-state index in [0.29, 0.717) is 18.1 Å². The topological polar surface area (TPSA) is 142 Å². The van der Waals surface area contributed by atoms with Crippen molar-refractivity contribution in [2.24, 2.45) is 0 Å². The third-order valence-electron chi connectivity index (χ3n) is 16.8. The van der Waals surface area contributed by atoms with E-state index < -0.39 is 30.9 Å². The second-order valence-electron chi connectivity index (χ2n) is 23.1. The summed E-state index contributed by atoms with van der Waals surface area (Å²) in [4.78, 5) is 46.7. The van der Waals surface area contributed by atoms with Gasteiger partial charge in [0.15, 0.2) is 11.5 Å². The molecule has 1 amide bonds. The van der Waals surface area contributed by atoms with Crippen LogP contribution in [0, 0.1) is 11.3 Å². The average molecular weight is 1210 g/mol. The number of aliphatic carboxylic acids is 2. The van der Waals surface area contributed by atoms with Gasteiger partial charge in [-0.05, 0) is 138 Å². The Kier molecular flexibility index (Phi) is 18.3. The number of ether oxygens (including phenoxy) is 2. The quantitative estimate of drug-likeness (QED) is 0.0310. The molecule has 0 atom stereocenters. The summed E-state index contributed by atoms with van der Waals surface area (Å²) in [6.45, 7) is 10.6. The van der Waals surface area contributed by atoms with Crippen molar-refractivity contribution in [1.29, 1.82) is 5.26 Å². The van der Waals surface area contributed by atoms with E-state index in [9.17, 15) is 29.9 Å². The predicted octanol–water partition coefficient (Wildman–Crippen LogP) is 19.0. The summed E-state index contributed by atoms with van der Waals surface area (Å²) >= 11 is 6.94. The molecule has 0 spiro atoms. The van der Waals surface area contributed by atoms with Crippen molar-refractivity contribution < 1.29 is 34.1 Å². The molecule has 10 nitrogen and oxygen atoms in total. The molecule has 0 fully saturated rings. The van der Waals surface area contributed by atoms with Gasteiger partial charge in [0.25, 0.3) is 5.91 Å². The fourth-order valence-corrected chi connectivity index (χ4v) is 17.6. The first-order valence-corrected chi connectivity index (χ1v) is 33.5. The van der Waals surface area contributed by atoms with E-state index in [1.165, 1.54) is 65.2 Å². The van der Waals surface area contributed by atoms with Crippen LogP contribution in [-0.2, 0) is 39.1 Å². The first-order valence-electron chi connectivity index (χ1n) is 30.3. The summed E-state index contributed by atoms with van der Waals surface area (Å²) in [7, 11) is 0. The van der Waals surface area contributed by atoms with Crippen molar-refractivity contribution in [3.63, 3.8) is 0 Å². The Labute approximate surface area is 514 Å². The van der Waals surface area contributed by atoms with Gasteiger partial charge in [0.2, 0.25) is 0 Å². The Morgan fingerprint density at radius 1 is 0.588 bits per heavy atom. The van der Waals surface area contributed by atoms with Gasteiger partial charge in [0.05, 0.1) is 20.8 Å². The number of amides is 1. The second-order valence-corrected chi connectivity index (χ2v) is 27.3. The van der Waals surface area contributed by atoms with E-state index in [1.807, 2.05) is 28.7 Å². The lowest BCUT2D eigenvalue weighted by molar-refractivity contribution is -0.147. The number of rotatable bonds is 26. The average Bonchev–Trinajstić information content (AvgIpc) is 1.67. The van der Waals surface area contributed by atoms with E-state index in [4.69, 9.17) is 9.47 Å². The molecule has 1 aliphatic carbocycles. The van der Waals surface area contributed by atoms with Crippen LogP contribution in [0.5, 0.6) is 11.5 Å². The van der Waals surface area contributed by atoms with Crippen LogP contribution in [0.1, 0.15) is 144 Å². The number of carbonyl (C=O) groups excluding carboxylic acids is 1. The summed E-state index contributed by atoms with van der Waals surface area (Å²) in [6, 6.07) is 40.4. The summed E-state index contributed by atoms with van der Waals surface area (Å²) in [6.07, 6.45) is 17.3. The summed E-state index contributed by atoms with van der Waals surface area (Å²) < 4.78 is 15.7. The number of aromatic nitrogens is 1. The monoisotopic (exact) mass is 1210 g/mol. The van der Waals surface area contributed by atoms with E-state index in [1.54, 1.807) is 28.7 Å². The second kappa shape index (κ2) is 26.1. The number of aryl methyl sites for hydroxylation is 3. The first kappa shape index (κ1) is 59.5. The first-order chi connectivity index (χ1) is 41.3. The van der Waals surface area contributed by atoms with Crippen molar-refractivity contribution >= 4 is 91.1 Å². The summed E-state index contributed by atoms with van der Waals surface area (Å²) in [5.74, 6) is -2.03. The van der Waals surface area contributed by atoms with Gasteiger partial charge < -0.3 is 29.2 Å². The molecule has 9 aromatic rings. The van der Waals surface area contributed by atoms with Crippen molar-refractivity contribution in [3.05, 3.63) is 141 Å². The SMILES string of the molecule is CCCCCCc1cc(-c2sc(-c3sc(-c4sc(-c5ccc6c(c5)c5ccccc5n6-c5ccc6c(c5)C(C)(C)c5ccccc5-6)c5c4OCCO5)cc3CCCCCC)cc2CCCCCC)sc1/C=C(\C#N)C(=O)N(CC(=O)O)CC(=O)O. The van der Waals surface area contributed by atoms with Crippen molar-refractivity contribution in [2.75, 3.05) is 26.3 Å². The van der Waals surface area contributed by atoms with Crippen LogP contribution in [0.2, 0.25) is 0 Å². The summed E-state index contributed by atoms with van der Waals surface area (Å²) in [5, 5.41) is 31.9. The number of benzene rings is 4. The van der Waals surface area contributed by atoms with Gasteiger partial charge in [-0.3, -0.25) is 14.4 Å². The lowest BCUT2D eigenvalue weighted by Gasteiger charge is -2.22. The highest BCUT2D eigenvalue weighted by Crippen LogP contribution is 2.57. The molecule has 0 saturated carbocycles. The smallest absolute Gasteiger partial charge is 0.323 e. The number of carbonyl (C=O) groups is 3. The maximum Gasteiger partial charge on any atom is 0.323 e. The molecule has 0 radical (unpaired) electrons. The Morgan fingerprint density at radius 2 is 1.14 bits per heavy atom. The number of para-hydroxylation sites is 1. The minimum atomic E-state index is -1.36. The lowest BCUT2D eigenvalue weighted by Crippen LogP contribution is -2.40. The van der Waals surface area contributed by atoms with Crippen LogP contribution in [-0.4, -0.2) is 63.8 Å². The van der Waals surface area contributed by atoms with E-state index in [2.05, 4.69) is 142 Å². The van der Waals surface area contributed by atoms with Crippen molar-refractivity contribution in [3.8, 4) is 74.1 Å². The lowest BCUT2D eigenvalue weighted by atomic mass is 9.82. The molecule has 14 heteroatoms. The minimum absolute atomic E-state index is 0.124. The van der Waals surface area contributed by atoms with Crippen LogP contribution in [0.4, 0.5) is 0 Å². The molecule has 438 valence electrons. The highest BCUT2D eigenvalue weighted by Gasteiger charge is 2.36. The zero-order valence-corrected chi connectivity index (χ0v) is 52.5. The number of fused-ring (bicyclic) bond motifs is 7. The molecule has 0 unspecified atom stereocenters. The van der Waals surface area contributed by atoms with Crippen LogP contribution in [0.15, 0.2) is 109 Å². The van der Waals surface area contributed by atoms with Gasteiger partial charge in [-0.2, -0.15) is 5.26 Å². The fourth-order valence-electron chi connectivity index (χ4n) is 12.5. The third kappa shape index (κ3) is 12.2. The van der Waals surface area contributed by atoms with Gasteiger partial charge in [-0.1, -0.05) is 147 Å². The number of carboxylic acid groups (broad SMARTS) is 2. The summed E-state index contributed by atoms with van der Waals surface area (Å²) in [5.41, 5.74) is 13.1. The molecule has 11 rings (SSSR count). The van der Waals surface area contributed by atoms with E-state index >= 15 is 0 Å². The molecular weight excluding hydrogens is 1140 g/mol. The molecule has 2 N–H and O–H groups in total. The van der Waals surface area contributed by atoms with Crippen LogP contribution < -0.4 is 9.47 Å². The number of carboxylic acids is 2. The Morgan fingerprint density at radius 3 is 1.78 bits per heavy atom. The molecule has 1 aliphatic heterocycles. The normalized spacial score (nSPS) is 13.3. The highest BCUT2D eigenvalue weighted by molar-refractivity contribution is 7.29. The molecule has 5 aromatic heterocycles. The molecule has 2 aliphatic rings. The minimum Gasteiger partial charge on any atom is -0.485 e. The number of hydrogen-bond acceptors (Lipinski definition) is 10. The largest absolute Gasteiger partial charge is 0.485 e. The Balaban J connectivity index is 0.992. The molecule has 0 bridgehead atoms. The highest BCUT2D eigenvalue weighted by atomic mass is 32.1. The fraction of sp³-hybridized carbons (Fsp3) is 0.352. The zero-order chi connectivity index (χ0) is 59.4. The van der Waals surface area contributed by atoms with Crippen LogP contribution in [0.3, 0.4) is 0 Å². The Bertz CT molecular complexity index is 4030. The van der Waals surface area contributed by atoms with E-state index in [-0.39, 0.29) is 11.0 Å². The van der Waals surface area contributed by atoms with Gasteiger partial charge in [0.1, 0.15) is 37.9 Å². The van der Waals surface area contributed by atoms with Gasteiger partial charge in [0, 0.05) is 51.1 Å². The molecule has 0 saturated heterocycles. The van der Waals surface area contributed by atoms with Crippen molar-refractivity contribution in [1.82, 2.24) is 9.47 Å². The number of thiophene rings is 4. The third-order valence-corrected chi connectivity index (χ3v) is 22.0. The molecule has 6 heterocycles. The Hall–Kier alpha value is -7.28. The van der Waals surface area contributed by atoms with Crippen LogP contribution >= 0.6 is 45.3 Å². The molecule has 4 aromatic carbocycles. The van der Waals surface area contributed by atoms with Gasteiger partial charge in [-0.15, -0.1) is 45.3 Å². The standard InChI is InChI=1S/C71H73N3O7S4/c1-6-9-12-15-22-44-36-59(82-58(44)39-48(41-72)70(79)73(42-62(75)76)43-63(77)78)66-45(23-16-13-10-7-2)37-60(83-66)67-46(24-17-14-11-8-3)38-61(84-67)69-65-64(80-33-34-81-65)68(85-69)47-29-32-57-53(35-47)52-26-19-21-28-56(52)74(57)49-30-31-51-50-25-18-20-27-54(50)71(4,5)55(51)40-49/h18-21,25-32,35-40H,6-17,22-24,33-34,42-43H2,1-5H3,(H,75,76)(H,77,78)/b48-39+. The molecule has 85 heavy (non-hydrogen) atoms. The number of unbranched alkanes of at least 4 members (excludes halogenated alkanes) is 9. The van der Waals surface area contributed by atoms with Crippen molar-refractivity contribution in [2.45, 2.75) is 136 Å². The maximum atomic E-state index is 13.7. The number of nitrogens with zero attached hydrogens (tertiary/aromatic N) is 3. The zero-order valence-electron chi connectivity index (χ0n) is 49.2. The maximum absolute atomic E-state index is 13.7.